The molecule has 5 nitrogen and oxygen atoms in total. The number of morpholine rings is 1. The van der Waals surface area contributed by atoms with E-state index in [1.807, 2.05) is 0 Å². The van der Waals surface area contributed by atoms with Gasteiger partial charge in [0.15, 0.2) is 0 Å². The van der Waals surface area contributed by atoms with E-state index in [4.69, 9.17) is 4.74 Å². The zero-order valence-electron chi connectivity index (χ0n) is 17.0. The molecule has 0 aliphatic carbocycles. The minimum atomic E-state index is 0. The van der Waals surface area contributed by atoms with Gasteiger partial charge in [-0.2, -0.15) is 0 Å². The minimum absolute atomic E-state index is 0. The molecule has 3 aliphatic heterocycles. The Hall–Kier alpha value is -0.0700. The van der Waals surface area contributed by atoms with Crippen molar-refractivity contribution in [2.45, 2.75) is 64.6 Å². The summed E-state index contributed by atoms with van der Waals surface area (Å²) in [5.74, 6) is 1.89. The van der Waals surface area contributed by atoms with Crippen LogP contribution in [0, 0.1) is 11.8 Å². The number of hydrogen-bond acceptors (Lipinski definition) is 4. The van der Waals surface area contributed by atoms with Crippen molar-refractivity contribution >= 4 is 30.7 Å². The Morgan fingerprint density at radius 2 is 1.56 bits per heavy atom. The molecule has 3 heterocycles. The molecule has 0 spiro atoms. The van der Waals surface area contributed by atoms with Gasteiger partial charge in [0.05, 0.1) is 12.2 Å². The van der Waals surface area contributed by atoms with Crippen LogP contribution in [0.1, 0.15) is 52.4 Å². The largest absolute Gasteiger partial charge is 0.373 e. The van der Waals surface area contributed by atoms with Gasteiger partial charge in [0, 0.05) is 39.1 Å². The molecule has 3 aliphatic rings. The summed E-state index contributed by atoms with van der Waals surface area (Å²) in [6.07, 6.45) is 7.36. The van der Waals surface area contributed by atoms with E-state index in [-0.39, 0.29) is 24.8 Å². The summed E-state index contributed by atoms with van der Waals surface area (Å²) in [5, 5.41) is 3.40. The summed E-state index contributed by atoms with van der Waals surface area (Å²) >= 11 is 0. The van der Waals surface area contributed by atoms with E-state index in [0.717, 1.165) is 63.9 Å². The smallest absolute Gasteiger partial charge is 0.222 e. The second-order valence-corrected chi connectivity index (χ2v) is 8.53. The summed E-state index contributed by atoms with van der Waals surface area (Å²) in [5.41, 5.74) is 0. The molecule has 160 valence electrons. The topological polar surface area (TPSA) is 44.8 Å². The van der Waals surface area contributed by atoms with Crippen LogP contribution in [0.5, 0.6) is 0 Å². The van der Waals surface area contributed by atoms with Gasteiger partial charge in [-0.1, -0.05) is 0 Å². The molecule has 7 heteroatoms. The molecule has 3 fully saturated rings. The van der Waals surface area contributed by atoms with Crippen molar-refractivity contribution in [3.63, 3.8) is 0 Å². The van der Waals surface area contributed by atoms with Crippen LogP contribution in [-0.4, -0.2) is 73.7 Å². The molecular formula is C20H39Cl2N3O2. The first-order valence-electron chi connectivity index (χ1n) is 10.5. The number of carbonyl (C=O) groups excluding carboxylic acids is 1. The zero-order chi connectivity index (χ0) is 17.6. The van der Waals surface area contributed by atoms with Crippen LogP contribution in [0.4, 0.5) is 0 Å². The van der Waals surface area contributed by atoms with E-state index in [1.54, 1.807) is 0 Å². The van der Waals surface area contributed by atoms with Crippen molar-refractivity contribution in [2.24, 2.45) is 11.8 Å². The Bertz CT molecular complexity index is 417. The molecule has 0 saturated carbocycles. The third kappa shape index (κ3) is 8.06. The average molecular weight is 424 g/mol. The van der Waals surface area contributed by atoms with Gasteiger partial charge in [0.2, 0.25) is 5.91 Å². The number of nitrogens with one attached hydrogen (secondary N) is 1. The lowest BCUT2D eigenvalue weighted by atomic mass is 9.92. The maximum atomic E-state index is 12.5. The highest BCUT2D eigenvalue weighted by Gasteiger charge is 2.28. The third-order valence-electron chi connectivity index (χ3n) is 6.20. The fraction of sp³-hybridized carbons (Fsp3) is 0.950. The second kappa shape index (κ2) is 12.5. The monoisotopic (exact) mass is 423 g/mol. The van der Waals surface area contributed by atoms with E-state index in [9.17, 15) is 4.79 Å². The van der Waals surface area contributed by atoms with Crippen LogP contribution < -0.4 is 5.32 Å². The number of amides is 1. The normalized spacial score (nSPS) is 28.3. The molecule has 0 aromatic rings. The standard InChI is InChI=1S/C20H37N3O2.2ClH/c1-16-13-22(14-17(2)25-16)15-19-7-11-23(12-8-19)20(24)4-3-18-5-9-21-10-6-18;;/h16-19,21H,3-15H2,1-2H3;2*1H. The number of hydrogen-bond donors (Lipinski definition) is 1. The first-order valence-corrected chi connectivity index (χ1v) is 10.5. The first kappa shape index (κ1) is 25.0. The highest BCUT2D eigenvalue weighted by molar-refractivity contribution is 5.85. The van der Waals surface area contributed by atoms with Gasteiger partial charge in [-0.15, -0.1) is 24.8 Å². The number of nitrogens with zero attached hydrogens (tertiary/aromatic N) is 2. The zero-order valence-corrected chi connectivity index (χ0v) is 18.7. The number of ether oxygens (including phenoxy) is 1. The van der Waals surface area contributed by atoms with E-state index >= 15 is 0 Å². The Kier molecular flexibility index (Phi) is 11.5. The number of halogens is 2. The Labute approximate surface area is 177 Å². The van der Waals surface area contributed by atoms with E-state index in [2.05, 4.69) is 29.0 Å². The number of rotatable bonds is 5. The summed E-state index contributed by atoms with van der Waals surface area (Å²) in [6, 6.07) is 0. The van der Waals surface area contributed by atoms with Crippen molar-refractivity contribution in [1.82, 2.24) is 15.1 Å². The minimum Gasteiger partial charge on any atom is -0.373 e. The molecule has 2 atom stereocenters. The van der Waals surface area contributed by atoms with Gasteiger partial charge in [-0.05, 0) is 70.9 Å². The molecule has 1 N–H and O–H groups in total. The van der Waals surface area contributed by atoms with Crippen LogP contribution >= 0.6 is 24.8 Å². The molecule has 27 heavy (non-hydrogen) atoms. The first-order chi connectivity index (χ1) is 12.1. The van der Waals surface area contributed by atoms with Gasteiger partial charge in [0.25, 0.3) is 0 Å². The summed E-state index contributed by atoms with van der Waals surface area (Å²) in [4.78, 5) is 17.2. The van der Waals surface area contributed by atoms with Gasteiger partial charge in [-0.3, -0.25) is 9.69 Å². The number of carbonyl (C=O) groups is 1. The van der Waals surface area contributed by atoms with Crippen LogP contribution in [0.2, 0.25) is 0 Å². The van der Waals surface area contributed by atoms with Gasteiger partial charge >= 0.3 is 0 Å². The average Bonchev–Trinajstić information content (AvgIpc) is 2.60. The molecule has 1 amide bonds. The predicted molar refractivity (Wildman–Crippen MR) is 115 cm³/mol. The number of piperidine rings is 2. The van der Waals surface area contributed by atoms with E-state index < -0.39 is 0 Å². The van der Waals surface area contributed by atoms with Crippen LogP contribution in [0.15, 0.2) is 0 Å². The highest BCUT2D eigenvalue weighted by Crippen LogP contribution is 2.23. The molecule has 3 rings (SSSR count). The summed E-state index contributed by atoms with van der Waals surface area (Å²) in [7, 11) is 0. The second-order valence-electron chi connectivity index (χ2n) is 8.53. The van der Waals surface area contributed by atoms with Crippen molar-refractivity contribution in [2.75, 3.05) is 45.8 Å². The van der Waals surface area contributed by atoms with E-state index in [0.29, 0.717) is 18.1 Å². The lowest BCUT2D eigenvalue weighted by molar-refractivity contribution is -0.133. The van der Waals surface area contributed by atoms with Crippen molar-refractivity contribution in [3.8, 4) is 0 Å². The fourth-order valence-corrected chi connectivity index (χ4v) is 4.82. The summed E-state index contributed by atoms with van der Waals surface area (Å²) in [6.45, 7) is 11.8. The Morgan fingerprint density at radius 1 is 0.963 bits per heavy atom. The van der Waals surface area contributed by atoms with Crippen molar-refractivity contribution < 1.29 is 9.53 Å². The molecule has 0 aromatic carbocycles. The van der Waals surface area contributed by atoms with Gasteiger partial charge in [-0.25, -0.2) is 0 Å². The Morgan fingerprint density at radius 3 is 2.15 bits per heavy atom. The SMILES string of the molecule is CC1CN(CC2CCN(C(=O)CCC3CCNCC3)CC2)CC(C)O1.Cl.Cl. The van der Waals surface area contributed by atoms with Crippen LogP contribution in [-0.2, 0) is 9.53 Å². The molecular weight excluding hydrogens is 385 g/mol. The maximum absolute atomic E-state index is 12.5. The van der Waals surface area contributed by atoms with E-state index in [1.165, 1.54) is 32.2 Å². The highest BCUT2D eigenvalue weighted by atomic mass is 35.5. The van der Waals surface area contributed by atoms with Gasteiger partial charge in [0.1, 0.15) is 0 Å². The molecule has 0 radical (unpaired) electrons. The van der Waals surface area contributed by atoms with Crippen LogP contribution in [0.3, 0.4) is 0 Å². The third-order valence-corrected chi connectivity index (χ3v) is 6.20. The van der Waals surface area contributed by atoms with Crippen molar-refractivity contribution in [3.05, 3.63) is 0 Å². The molecule has 2 unspecified atom stereocenters. The molecule has 0 aromatic heterocycles. The number of likely N-dealkylation sites (tertiary alicyclic amines) is 1. The summed E-state index contributed by atoms with van der Waals surface area (Å²) < 4.78 is 5.83. The Balaban J connectivity index is 0.00000182. The maximum Gasteiger partial charge on any atom is 0.222 e. The fourth-order valence-electron chi connectivity index (χ4n) is 4.82. The van der Waals surface area contributed by atoms with Crippen LogP contribution in [0.25, 0.3) is 0 Å². The molecule has 0 bridgehead atoms. The quantitative estimate of drug-likeness (QED) is 0.737. The predicted octanol–water partition coefficient (Wildman–Crippen LogP) is 2.96. The molecule has 3 saturated heterocycles. The van der Waals surface area contributed by atoms with Crippen molar-refractivity contribution in [1.29, 1.82) is 0 Å². The lowest BCUT2D eigenvalue weighted by Crippen LogP contribution is -2.48. The van der Waals surface area contributed by atoms with Gasteiger partial charge < -0.3 is 15.0 Å². The lowest BCUT2D eigenvalue weighted by Gasteiger charge is -2.39.